The molecule has 5 rings (SSSR count). The molecule has 2 aromatic carbocycles. The molecule has 182 valence electrons. The van der Waals surface area contributed by atoms with Gasteiger partial charge in [0.1, 0.15) is 0 Å². The van der Waals surface area contributed by atoms with Gasteiger partial charge in [-0.1, -0.05) is 79.8 Å². The summed E-state index contributed by atoms with van der Waals surface area (Å²) in [5.41, 5.74) is 7.35. The number of hydrogen-bond donors (Lipinski definition) is 2. The summed E-state index contributed by atoms with van der Waals surface area (Å²) in [4.78, 5) is 33.5. The number of carbonyl (C=O) groups excluding carboxylic acids is 2. The van der Waals surface area contributed by atoms with Crippen molar-refractivity contribution in [2.45, 2.75) is 25.3 Å². The number of rotatable bonds is 7. The summed E-state index contributed by atoms with van der Waals surface area (Å²) >= 11 is 1.40. The zero-order valence-corrected chi connectivity index (χ0v) is 20.9. The fourth-order valence-corrected chi connectivity index (χ4v) is 5.58. The number of thiophene rings is 1. The second kappa shape index (κ2) is 9.59. The van der Waals surface area contributed by atoms with E-state index in [1.165, 1.54) is 11.3 Å². The van der Waals surface area contributed by atoms with Gasteiger partial charge in [0.05, 0.1) is 4.88 Å². The number of nitrogens with zero attached hydrogens (tertiary/aromatic N) is 2. The lowest BCUT2D eigenvalue weighted by Crippen LogP contribution is -2.51. The Morgan fingerprint density at radius 2 is 1.86 bits per heavy atom. The van der Waals surface area contributed by atoms with E-state index in [2.05, 4.69) is 24.4 Å². The highest BCUT2D eigenvalue weighted by Crippen LogP contribution is 2.51. The first-order valence-electron chi connectivity index (χ1n) is 11.9. The molecule has 0 spiro atoms. The lowest BCUT2D eigenvalue weighted by Gasteiger charge is -2.41. The first-order chi connectivity index (χ1) is 17.4. The maximum absolute atomic E-state index is 14.1. The van der Waals surface area contributed by atoms with Crippen molar-refractivity contribution in [1.29, 1.82) is 0 Å². The molecule has 1 aliphatic heterocycles. The molecule has 1 aromatic heterocycles. The molecule has 2 atom stereocenters. The topological polar surface area (TPSA) is 87.8 Å². The average Bonchev–Trinajstić information content (AvgIpc) is 3.52. The summed E-state index contributed by atoms with van der Waals surface area (Å²) in [7, 11) is 0. The largest absolute Gasteiger partial charge is 0.369 e. The zero-order valence-electron chi connectivity index (χ0n) is 20.1. The average molecular weight is 497 g/mol. The summed E-state index contributed by atoms with van der Waals surface area (Å²) in [5, 5.41) is 4.78. The highest BCUT2D eigenvalue weighted by Gasteiger charge is 2.59. The van der Waals surface area contributed by atoms with E-state index >= 15 is 0 Å². The van der Waals surface area contributed by atoms with Gasteiger partial charge in [-0.25, -0.2) is 4.99 Å². The van der Waals surface area contributed by atoms with Gasteiger partial charge >= 0.3 is 0 Å². The van der Waals surface area contributed by atoms with E-state index in [1.807, 2.05) is 78.2 Å². The van der Waals surface area contributed by atoms with Crippen molar-refractivity contribution < 1.29 is 9.59 Å². The van der Waals surface area contributed by atoms with Gasteiger partial charge in [-0.15, -0.1) is 11.3 Å². The molecule has 2 aliphatic rings. The van der Waals surface area contributed by atoms with E-state index in [0.29, 0.717) is 24.3 Å². The molecule has 0 saturated carbocycles. The smallest absolute Gasteiger partial charge is 0.265 e. The Balaban J connectivity index is 1.33. The normalized spacial score (nSPS) is 23.1. The third-order valence-electron chi connectivity index (χ3n) is 6.97. The molecule has 2 amide bonds. The summed E-state index contributed by atoms with van der Waals surface area (Å²) in [5.74, 6) is 0.0168. The highest BCUT2D eigenvalue weighted by atomic mass is 32.1. The molecule has 36 heavy (non-hydrogen) atoms. The Kier molecular flexibility index (Phi) is 6.33. The van der Waals surface area contributed by atoms with Gasteiger partial charge in [-0.2, -0.15) is 0 Å². The van der Waals surface area contributed by atoms with Crippen molar-refractivity contribution in [3.05, 3.63) is 112 Å². The molecule has 2 unspecified atom stereocenters. The van der Waals surface area contributed by atoms with Crippen LogP contribution >= 0.6 is 11.3 Å². The van der Waals surface area contributed by atoms with Gasteiger partial charge in [0, 0.05) is 17.6 Å². The number of nitrogens with one attached hydrogen (secondary N) is 1. The molecule has 0 saturated heterocycles. The van der Waals surface area contributed by atoms with Crippen LogP contribution in [0.3, 0.4) is 0 Å². The third kappa shape index (κ3) is 4.16. The number of hydrogen-bond acceptors (Lipinski definition) is 5. The first kappa shape index (κ1) is 23.8. The first-order valence-corrected chi connectivity index (χ1v) is 12.8. The summed E-state index contributed by atoms with van der Waals surface area (Å²) in [6.07, 6.45) is 9.42. The molecule has 3 N–H and O–H groups in total. The molecular weight excluding hydrogens is 468 g/mol. The van der Waals surface area contributed by atoms with Crippen molar-refractivity contribution in [3.8, 4) is 0 Å². The Labute approximate surface area is 214 Å². The predicted molar refractivity (Wildman–Crippen MR) is 145 cm³/mol. The van der Waals surface area contributed by atoms with E-state index in [1.54, 1.807) is 11.0 Å². The number of allylic oxidation sites excluding steroid dienone is 3. The van der Waals surface area contributed by atoms with E-state index in [-0.39, 0.29) is 17.8 Å². The lowest BCUT2D eigenvalue weighted by atomic mass is 9.64. The molecule has 0 fully saturated rings. The van der Waals surface area contributed by atoms with Crippen molar-refractivity contribution in [2.24, 2.45) is 16.1 Å². The van der Waals surface area contributed by atoms with Gasteiger partial charge in [-0.05, 0) is 47.5 Å². The molecule has 7 heteroatoms. The summed E-state index contributed by atoms with van der Waals surface area (Å²) in [6.45, 7) is 2.49. The Morgan fingerprint density at radius 1 is 1.08 bits per heavy atom. The fourth-order valence-electron chi connectivity index (χ4n) is 4.96. The number of guanidine groups is 1. The van der Waals surface area contributed by atoms with Gasteiger partial charge < -0.3 is 11.1 Å². The van der Waals surface area contributed by atoms with Crippen molar-refractivity contribution in [1.82, 2.24) is 4.90 Å². The van der Waals surface area contributed by atoms with Gasteiger partial charge in [0.15, 0.2) is 11.5 Å². The van der Waals surface area contributed by atoms with Crippen LogP contribution in [0.15, 0.2) is 101 Å². The minimum atomic E-state index is -1.12. The Hall–Kier alpha value is -3.97. The number of amides is 2. The van der Waals surface area contributed by atoms with Crippen molar-refractivity contribution in [3.63, 3.8) is 0 Å². The van der Waals surface area contributed by atoms with E-state index in [4.69, 9.17) is 10.7 Å². The van der Waals surface area contributed by atoms with Crippen LogP contribution in [-0.4, -0.2) is 29.2 Å². The van der Waals surface area contributed by atoms with Crippen LogP contribution in [0.4, 0.5) is 5.69 Å². The highest BCUT2D eigenvalue weighted by molar-refractivity contribution is 7.12. The summed E-state index contributed by atoms with van der Waals surface area (Å²) < 4.78 is 0. The van der Waals surface area contributed by atoms with Crippen LogP contribution < -0.4 is 11.1 Å². The quantitative estimate of drug-likeness (QED) is 0.476. The number of nitrogens with two attached hydrogens (primary N) is 1. The van der Waals surface area contributed by atoms with Crippen molar-refractivity contribution >= 4 is 34.8 Å². The number of carbonyl (C=O) groups is 2. The fraction of sp³-hybridized carbons (Fsp3) is 0.207. The van der Waals surface area contributed by atoms with E-state index in [0.717, 1.165) is 16.8 Å². The van der Waals surface area contributed by atoms with Gasteiger partial charge in [-0.3, -0.25) is 14.5 Å². The maximum Gasteiger partial charge on any atom is 0.265 e. The molecule has 2 heterocycles. The minimum absolute atomic E-state index is 0.103. The van der Waals surface area contributed by atoms with Crippen LogP contribution in [0.2, 0.25) is 0 Å². The Bertz CT molecular complexity index is 1350. The summed E-state index contributed by atoms with van der Waals surface area (Å²) in [6, 6.07) is 21.0. The van der Waals surface area contributed by atoms with Gasteiger partial charge in [0.2, 0.25) is 0 Å². The number of benzene rings is 2. The second-order valence-corrected chi connectivity index (χ2v) is 10.2. The second-order valence-electron chi connectivity index (χ2n) is 9.29. The maximum atomic E-state index is 14.1. The van der Waals surface area contributed by atoms with Crippen LogP contribution in [0.25, 0.3) is 0 Å². The molecule has 0 radical (unpaired) electrons. The third-order valence-corrected chi connectivity index (χ3v) is 7.83. The molecule has 0 bridgehead atoms. The number of anilines is 1. The molecular formula is C29H28N4O2S. The Morgan fingerprint density at radius 3 is 2.53 bits per heavy atom. The molecule has 3 aromatic rings. The minimum Gasteiger partial charge on any atom is -0.369 e. The number of aliphatic imine (C=N–C) groups is 1. The van der Waals surface area contributed by atoms with Crippen molar-refractivity contribution in [2.75, 3.05) is 11.9 Å². The standard InChI is InChI=1S/C29H28N4O2S/c1-28(17-6-3-7-18-28)29(22-9-4-2-5-10-22)26(35)33(27(30)32-29)19-16-21-12-14-23(15-13-21)31-25(34)24-11-8-20-36-24/h2-15,17,20H,16,18-19H2,1H3,(H2,30,32)(H,31,34). The van der Waals surface area contributed by atoms with E-state index in [9.17, 15) is 9.59 Å². The van der Waals surface area contributed by atoms with Crippen LogP contribution in [0.1, 0.15) is 34.1 Å². The van der Waals surface area contributed by atoms with Gasteiger partial charge in [0.25, 0.3) is 11.8 Å². The zero-order chi connectivity index (χ0) is 25.2. The monoisotopic (exact) mass is 496 g/mol. The van der Waals surface area contributed by atoms with E-state index < -0.39 is 11.0 Å². The van der Waals surface area contributed by atoms with Crippen LogP contribution in [0, 0.1) is 5.41 Å². The predicted octanol–water partition coefficient (Wildman–Crippen LogP) is 5.12. The molecule has 6 nitrogen and oxygen atoms in total. The lowest BCUT2D eigenvalue weighted by molar-refractivity contribution is -0.135. The van der Waals surface area contributed by atoms with Crippen LogP contribution in [0.5, 0.6) is 0 Å². The van der Waals surface area contributed by atoms with Crippen LogP contribution in [-0.2, 0) is 16.8 Å². The SMILES string of the molecule is CC1(C2(c3ccccc3)N=C(N)N(CCc3ccc(NC(=O)c4cccs4)cc3)C2=O)C=CC=CC1. The molecule has 1 aliphatic carbocycles.